The number of rotatable bonds is 0. The number of hydrogen-bond donors (Lipinski definition) is 1. The Morgan fingerprint density at radius 3 is 1.29 bits per heavy atom. The summed E-state index contributed by atoms with van der Waals surface area (Å²) < 4.78 is 0. The third-order valence-corrected chi connectivity index (χ3v) is 0. The first kappa shape index (κ1) is 23.0. The van der Waals surface area contributed by atoms with Crippen molar-refractivity contribution in [2.75, 3.05) is 0 Å². The maximum absolute atomic E-state index is 8.53. The van der Waals surface area contributed by atoms with Gasteiger partial charge in [0.1, 0.15) is 0 Å². The standard InChI is InChI=1S/BHO3.Ba.O.Zn/c2-1(3)4;;;/h2H;;;/q-2;+2;-2;+2. The van der Waals surface area contributed by atoms with Crippen LogP contribution >= 0.6 is 0 Å². The van der Waals surface area contributed by atoms with Crippen LogP contribution in [0.4, 0.5) is 0 Å². The molecule has 0 unspecified atom stereocenters. The molecule has 0 bridgehead atoms. The maximum atomic E-state index is 8.53. The fourth-order valence-corrected chi connectivity index (χ4v) is 0. The van der Waals surface area contributed by atoms with Crippen LogP contribution < -0.4 is 10.0 Å². The van der Waals surface area contributed by atoms with Gasteiger partial charge in [-0.05, 0) is 0 Å². The summed E-state index contributed by atoms with van der Waals surface area (Å²) in [7, 11) is -2.67. The summed E-state index contributed by atoms with van der Waals surface area (Å²) in [5, 5.41) is 24.0. The zero-order chi connectivity index (χ0) is 3.58. The molecule has 0 aliphatic heterocycles. The van der Waals surface area contributed by atoms with Gasteiger partial charge in [-0.25, -0.2) is 0 Å². The molecule has 0 aliphatic rings. The van der Waals surface area contributed by atoms with Gasteiger partial charge < -0.3 is 20.5 Å². The van der Waals surface area contributed by atoms with Crippen LogP contribution in [0, 0.1) is 0 Å². The molecule has 4 nitrogen and oxygen atoms in total. The van der Waals surface area contributed by atoms with E-state index in [4.69, 9.17) is 15.1 Å². The topological polar surface area (TPSA) is 94.9 Å². The molecule has 0 aliphatic carbocycles. The molecule has 1 N–H and O–H groups in total. The van der Waals surface area contributed by atoms with Gasteiger partial charge in [-0.15, -0.1) is 0 Å². The molecule has 0 amide bonds. The molecule has 0 spiro atoms. The Labute approximate surface area is 94.6 Å². The Kier molecular flexibility index (Phi) is 51.5. The third-order valence-electron chi connectivity index (χ3n) is 0. The first-order valence-corrected chi connectivity index (χ1v) is 0.730. The van der Waals surface area contributed by atoms with E-state index in [0.717, 1.165) is 0 Å². The van der Waals surface area contributed by atoms with Crippen LogP contribution in [-0.2, 0) is 25.0 Å². The van der Waals surface area contributed by atoms with E-state index in [0.29, 0.717) is 0 Å². The predicted molar refractivity (Wildman–Crippen MR) is 14.4 cm³/mol. The fraction of sp³-hybridized carbons (Fsp3) is 0. The average molecular weight is 279 g/mol. The second-order valence-corrected chi connectivity index (χ2v) is 0.307. The first-order valence-electron chi connectivity index (χ1n) is 0.730. The molecule has 0 aromatic heterocycles. The molecule has 7 heteroatoms. The van der Waals surface area contributed by atoms with Crippen molar-refractivity contribution in [3.05, 3.63) is 0 Å². The van der Waals surface area contributed by atoms with Crippen LogP contribution in [0.2, 0.25) is 0 Å². The summed E-state index contributed by atoms with van der Waals surface area (Å²) in [6.45, 7) is 0. The minimum Gasteiger partial charge on any atom is -2.00 e. The van der Waals surface area contributed by atoms with Crippen LogP contribution in [-0.4, -0.2) is 61.2 Å². The second kappa shape index (κ2) is 15.7. The summed E-state index contributed by atoms with van der Waals surface area (Å²) in [5.41, 5.74) is 0. The molecule has 32 valence electrons. The molecule has 0 fully saturated rings. The van der Waals surface area contributed by atoms with Gasteiger partial charge in [0.05, 0.1) is 7.32 Å². The van der Waals surface area contributed by atoms with Gasteiger partial charge in [-0.2, -0.15) is 0 Å². The van der Waals surface area contributed by atoms with E-state index in [9.17, 15) is 0 Å². The van der Waals surface area contributed by atoms with E-state index in [-0.39, 0.29) is 73.8 Å². The van der Waals surface area contributed by atoms with Crippen LogP contribution in [0.1, 0.15) is 0 Å². The molecule has 0 saturated carbocycles. The van der Waals surface area contributed by atoms with E-state index in [1.165, 1.54) is 0 Å². The van der Waals surface area contributed by atoms with Crippen LogP contribution in [0.15, 0.2) is 0 Å². The maximum Gasteiger partial charge on any atom is 2.00 e. The number of hydrogen-bond acceptors (Lipinski definition) is 3. The molecule has 0 atom stereocenters. The molecule has 0 rings (SSSR count). The average Bonchev–Trinajstić information content (AvgIpc) is 0.811. The summed E-state index contributed by atoms with van der Waals surface area (Å²) in [6, 6.07) is 0. The van der Waals surface area contributed by atoms with Crippen molar-refractivity contribution in [3.63, 3.8) is 0 Å². The Morgan fingerprint density at radius 1 is 1.29 bits per heavy atom. The minimum atomic E-state index is -2.67. The van der Waals surface area contributed by atoms with Crippen LogP contribution in [0.25, 0.3) is 0 Å². The van der Waals surface area contributed by atoms with Crippen LogP contribution in [0.3, 0.4) is 0 Å². The molecular formula is HBBaO4Zn. The molecule has 0 heterocycles. The van der Waals surface area contributed by atoms with Crippen molar-refractivity contribution in [1.29, 1.82) is 0 Å². The van der Waals surface area contributed by atoms with E-state index in [2.05, 4.69) is 0 Å². The van der Waals surface area contributed by atoms with E-state index < -0.39 is 7.32 Å². The third kappa shape index (κ3) is 68.4. The summed E-state index contributed by atoms with van der Waals surface area (Å²) >= 11 is 0. The SMILES string of the molecule is [Ba+2].[O-2].[O-]B([O-])O.[Zn+2]. The largest absolute Gasteiger partial charge is 2.00 e. The second-order valence-electron chi connectivity index (χ2n) is 0.307. The van der Waals surface area contributed by atoms with Crippen molar-refractivity contribution in [1.82, 2.24) is 0 Å². The van der Waals surface area contributed by atoms with Gasteiger partial charge >= 0.3 is 68.4 Å². The molecule has 0 saturated heterocycles. The van der Waals surface area contributed by atoms with Gasteiger partial charge in [-0.1, -0.05) is 0 Å². The summed E-state index contributed by atoms with van der Waals surface area (Å²) in [4.78, 5) is 0. The molecule has 0 aromatic rings. The quantitative estimate of drug-likeness (QED) is 0.460. The Balaban J connectivity index is -0.0000000150. The minimum absolute atomic E-state index is 0. The Morgan fingerprint density at radius 2 is 1.29 bits per heavy atom. The Bertz CT molecular complexity index is 16.4. The van der Waals surface area contributed by atoms with Gasteiger partial charge in [0.15, 0.2) is 0 Å². The fourth-order valence-electron chi connectivity index (χ4n) is 0. The van der Waals surface area contributed by atoms with E-state index >= 15 is 0 Å². The van der Waals surface area contributed by atoms with Crippen molar-refractivity contribution >= 4 is 56.2 Å². The Hall–Kier alpha value is 2.10. The summed E-state index contributed by atoms with van der Waals surface area (Å²) in [5.74, 6) is 0. The molecule has 0 radical (unpaired) electrons. The van der Waals surface area contributed by atoms with Gasteiger partial charge in [0.2, 0.25) is 0 Å². The van der Waals surface area contributed by atoms with Crippen molar-refractivity contribution in [3.8, 4) is 0 Å². The van der Waals surface area contributed by atoms with E-state index in [1.807, 2.05) is 0 Å². The van der Waals surface area contributed by atoms with Crippen LogP contribution in [0.5, 0.6) is 0 Å². The smallest absolute Gasteiger partial charge is 2.00 e. The van der Waals surface area contributed by atoms with Crippen molar-refractivity contribution < 1.29 is 40.0 Å². The normalized spacial score (nSPS) is 3.86. The monoisotopic (exact) mass is 278 g/mol. The molecular weight excluding hydrogens is 278 g/mol. The zero-order valence-corrected chi connectivity index (χ0v) is 11.1. The van der Waals surface area contributed by atoms with E-state index in [1.54, 1.807) is 0 Å². The van der Waals surface area contributed by atoms with Crippen molar-refractivity contribution in [2.24, 2.45) is 0 Å². The zero-order valence-electron chi connectivity index (χ0n) is 3.66. The van der Waals surface area contributed by atoms with Crippen molar-refractivity contribution in [2.45, 2.75) is 0 Å². The van der Waals surface area contributed by atoms with Gasteiger partial charge in [0, 0.05) is 0 Å². The first-order chi connectivity index (χ1) is 1.73. The van der Waals surface area contributed by atoms with Gasteiger partial charge in [0.25, 0.3) is 0 Å². The molecule has 7 heavy (non-hydrogen) atoms. The predicted octanol–water partition coefficient (Wildman–Crippen LogP) is -3.82. The van der Waals surface area contributed by atoms with Gasteiger partial charge in [-0.3, -0.25) is 0 Å². The summed E-state index contributed by atoms with van der Waals surface area (Å²) in [6.07, 6.45) is 0. The molecule has 0 aromatic carbocycles.